The fourth-order valence-electron chi connectivity index (χ4n) is 2.90. The maximum atomic E-state index is 13.3. The van der Waals surface area contributed by atoms with Crippen LogP contribution in [0.1, 0.15) is 39.7 Å². The Balaban J connectivity index is 2.09. The lowest BCUT2D eigenvalue weighted by Crippen LogP contribution is -2.59. The first-order valence-electron chi connectivity index (χ1n) is 7.62. The number of hydrogen-bond acceptors (Lipinski definition) is 2. The predicted octanol–water partition coefficient (Wildman–Crippen LogP) is 3.42. The molecular formula is C17H27FN2. The highest BCUT2D eigenvalue weighted by Gasteiger charge is 2.33. The molecule has 1 aliphatic rings. The Bertz CT molecular complexity index is 439. The first kappa shape index (κ1) is 15.5. The maximum Gasteiger partial charge on any atom is 0.123 e. The van der Waals surface area contributed by atoms with Gasteiger partial charge in [0.05, 0.1) is 0 Å². The summed E-state index contributed by atoms with van der Waals surface area (Å²) in [7, 11) is 0. The van der Waals surface area contributed by atoms with Crippen molar-refractivity contribution in [3.05, 3.63) is 35.6 Å². The number of piperazine rings is 1. The third kappa shape index (κ3) is 3.80. The average Bonchev–Trinajstić information content (AvgIpc) is 2.37. The van der Waals surface area contributed by atoms with Crippen molar-refractivity contribution in [3.8, 4) is 0 Å². The van der Waals surface area contributed by atoms with Gasteiger partial charge in [-0.2, -0.15) is 0 Å². The lowest BCUT2D eigenvalue weighted by atomic mass is 9.84. The van der Waals surface area contributed by atoms with Crippen molar-refractivity contribution in [3.63, 3.8) is 0 Å². The molecule has 20 heavy (non-hydrogen) atoms. The highest BCUT2D eigenvalue weighted by Crippen LogP contribution is 2.25. The van der Waals surface area contributed by atoms with Crippen LogP contribution in [0.15, 0.2) is 24.3 Å². The van der Waals surface area contributed by atoms with Crippen molar-refractivity contribution in [2.75, 3.05) is 13.1 Å². The van der Waals surface area contributed by atoms with E-state index in [1.807, 2.05) is 6.07 Å². The number of rotatable bonds is 3. The van der Waals surface area contributed by atoms with Gasteiger partial charge in [0.2, 0.25) is 0 Å². The van der Waals surface area contributed by atoms with Crippen molar-refractivity contribution in [1.82, 2.24) is 10.2 Å². The molecule has 0 spiro atoms. The zero-order chi connectivity index (χ0) is 14.8. The van der Waals surface area contributed by atoms with Crippen LogP contribution in [0.4, 0.5) is 4.39 Å². The van der Waals surface area contributed by atoms with Crippen LogP contribution in [-0.4, -0.2) is 30.1 Å². The van der Waals surface area contributed by atoms with Crippen molar-refractivity contribution < 1.29 is 4.39 Å². The van der Waals surface area contributed by atoms with Crippen LogP contribution in [0, 0.1) is 11.2 Å². The van der Waals surface area contributed by atoms with Gasteiger partial charge in [-0.05, 0) is 29.5 Å². The van der Waals surface area contributed by atoms with E-state index in [1.54, 1.807) is 12.1 Å². The molecule has 1 heterocycles. The van der Waals surface area contributed by atoms with Gasteiger partial charge in [-0.3, -0.25) is 4.90 Å². The molecule has 1 fully saturated rings. The molecule has 2 unspecified atom stereocenters. The molecule has 0 saturated carbocycles. The van der Waals surface area contributed by atoms with E-state index < -0.39 is 0 Å². The Hall–Kier alpha value is -0.930. The van der Waals surface area contributed by atoms with E-state index in [-0.39, 0.29) is 11.2 Å². The fourth-order valence-corrected chi connectivity index (χ4v) is 2.90. The summed E-state index contributed by atoms with van der Waals surface area (Å²) in [4.78, 5) is 2.50. The van der Waals surface area contributed by atoms with E-state index >= 15 is 0 Å². The van der Waals surface area contributed by atoms with E-state index in [0.29, 0.717) is 12.1 Å². The molecule has 1 aliphatic heterocycles. The molecule has 0 amide bonds. The Labute approximate surface area is 122 Å². The topological polar surface area (TPSA) is 15.3 Å². The zero-order valence-corrected chi connectivity index (χ0v) is 13.1. The number of halogens is 1. The van der Waals surface area contributed by atoms with Crippen LogP contribution in [0.2, 0.25) is 0 Å². The quantitative estimate of drug-likeness (QED) is 0.911. The SMILES string of the molecule is CCC1CNC(C(C)(C)C)CN1Cc1cccc(F)c1. The Morgan fingerprint density at radius 2 is 2.10 bits per heavy atom. The normalized spacial score (nSPS) is 24.9. The molecule has 0 radical (unpaired) electrons. The van der Waals surface area contributed by atoms with Gasteiger partial charge < -0.3 is 5.32 Å². The van der Waals surface area contributed by atoms with Gasteiger partial charge in [0, 0.05) is 31.7 Å². The van der Waals surface area contributed by atoms with Crippen LogP contribution in [0.3, 0.4) is 0 Å². The largest absolute Gasteiger partial charge is 0.311 e. The van der Waals surface area contributed by atoms with Crippen LogP contribution in [-0.2, 0) is 6.54 Å². The van der Waals surface area contributed by atoms with Crippen molar-refractivity contribution >= 4 is 0 Å². The van der Waals surface area contributed by atoms with Gasteiger partial charge in [-0.1, -0.05) is 39.8 Å². The van der Waals surface area contributed by atoms with Gasteiger partial charge in [-0.15, -0.1) is 0 Å². The van der Waals surface area contributed by atoms with Crippen LogP contribution < -0.4 is 5.32 Å². The minimum Gasteiger partial charge on any atom is -0.311 e. The molecule has 0 aromatic heterocycles. The molecule has 1 saturated heterocycles. The summed E-state index contributed by atoms with van der Waals surface area (Å²) in [5, 5.41) is 3.67. The van der Waals surface area contributed by atoms with E-state index in [2.05, 4.69) is 37.9 Å². The Kier molecular flexibility index (Phi) is 4.82. The van der Waals surface area contributed by atoms with Crippen molar-refractivity contribution in [2.24, 2.45) is 5.41 Å². The minimum absolute atomic E-state index is 0.141. The number of benzene rings is 1. The van der Waals surface area contributed by atoms with Gasteiger partial charge in [0.15, 0.2) is 0 Å². The number of hydrogen-bond donors (Lipinski definition) is 1. The summed E-state index contributed by atoms with van der Waals surface area (Å²) < 4.78 is 13.3. The standard InChI is InChI=1S/C17H27FN2/c1-5-15-10-19-16(17(2,3)4)12-20(15)11-13-7-6-8-14(18)9-13/h6-9,15-16,19H,5,10-12H2,1-4H3. The first-order chi connectivity index (χ1) is 9.40. The highest BCUT2D eigenvalue weighted by molar-refractivity contribution is 5.16. The van der Waals surface area contributed by atoms with Gasteiger partial charge in [-0.25, -0.2) is 4.39 Å². The lowest BCUT2D eigenvalue weighted by Gasteiger charge is -2.45. The minimum atomic E-state index is -0.141. The fraction of sp³-hybridized carbons (Fsp3) is 0.647. The van der Waals surface area contributed by atoms with Crippen LogP contribution in [0.25, 0.3) is 0 Å². The third-order valence-corrected chi connectivity index (χ3v) is 4.32. The predicted molar refractivity (Wildman–Crippen MR) is 82.1 cm³/mol. The molecule has 3 heteroatoms. The molecule has 1 aromatic rings. The lowest BCUT2D eigenvalue weighted by molar-refractivity contribution is 0.0774. The highest BCUT2D eigenvalue weighted by atomic mass is 19.1. The van der Waals surface area contributed by atoms with Gasteiger partial charge >= 0.3 is 0 Å². The Morgan fingerprint density at radius 1 is 1.35 bits per heavy atom. The molecule has 1 aromatic carbocycles. The second kappa shape index (κ2) is 6.23. The third-order valence-electron chi connectivity index (χ3n) is 4.32. The van der Waals surface area contributed by atoms with Crippen molar-refractivity contribution in [2.45, 2.75) is 52.7 Å². The number of nitrogens with one attached hydrogen (secondary N) is 1. The second-order valence-electron chi connectivity index (χ2n) is 6.95. The van der Waals surface area contributed by atoms with Gasteiger partial charge in [0.1, 0.15) is 5.82 Å². The molecule has 112 valence electrons. The maximum absolute atomic E-state index is 13.3. The van der Waals surface area contributed by atoms with Crippen molar-refractivity contribution in [1.29, 1.82) is 0 Å². The summed E-state index contributed by atoms with van der Waals surface area (Å²) in [5.74, 6) is -0.141. The number of nitrogens with zero attached hydrogens (tertiary/aromatic N) is 1. The van der Waals surface area contributed by atoms with E-state index in [9.17, 15) is 4.39 Å². The summed E-state index contributed by atoms with van der Waals surface area (Å²) in [5.41, 5.74) is 1.32. The summed E-state index contributed by atoms with van der Waals surface area (Å²) in [6, 6.07) is 8.01. The van der Waals surface area contributed by atoms with Gasteiger partial charge in [0.25, 0.3) is 0 Å². The van der Waals surface area contributed by atoms with E-state index in [1.165, 1.54) is 6.07 Å². The molecule has 2 nitrogen and oxygen atoms in total. The van der Waals surface area contributed by atoms with E-state index in [4.69, 9.17) is 0 Å². The van der Waals surface area contributed by atoms with Crippen LogP contribution >= 0.6 is 0 Å². The first-order valence-corrected chi connectivity index (χ1v) is 7.62. The average molecular weight is 278 g/mol. The molecule has 1 N–H and O–H groups in total. The zero-order valence-electron chi connectivity index (χ0n) is 13.1. The summed E-state index contributed by atoms with van der Waals surface area (Å²) in [6.45, 7) is 11.9. The second-order valence-corrected chi connectivity index (χ2v) is 6.95. The molecule has 0 bridgehead atoms. The Morgan fingerprint density at radius 3 is 2.70 bits per heavy atom. The molecule has 0 aliphatic carbocycles. The molecule has 2 rings (SSSR count). The summed E-state index contributed by atoms with van der Waals surface area (Å²) >= 11 is 0. The monoisotopic (exact) mass is 278 g/mol. The van der Waals surface area contributed by atoms with Crippen LogP contribution in [0.5, 0.6) is 0 Å². The molecular weight excluding hydrogens is 251 g/mol. The smallest absolute Gasteiger partial charge is 0.123 e. The summed E-state index contributed by atoms with van der Waals surface area (Å²) in [6.07, 6.45) is 1.12. The molecule has 2 atom stereocenters. The van der Waals surface area contributed by atoms with E-state index in [0.717, 1.165) is 31.6 Å².